The molecule has 1 aromatic rings. The maximum absolute atomic E-state index is 11.2. The smallest absolute Gasteiger partial charge is 0.224 e. The van der Waals surface area contributed by atoms with Crippen LogP contribution in [-0.2, 0) is 4.79 Å². The Morgan fingerprint density at radius 2 is 2.29 bits per heavy atom. The van der Waals surface area contributed by atoms with E-state index in [-0.39, 0.29) is 5.91 Å². The van der Waals surface area contributed by atoms with Crippen molar-refractivity contribution < 1.29 is 4.79 Å². The van der Waals surface area contributed by atoms with Crippen LogP contribution in [0.5, 0.6) is 0 Å². The summed E-state index contributed by atoms with van der Waals surface area (Å²) in [6.07, 6.45) is 2.61. The van der Waals surface area contributed by atoms with Crippen LogP contribution >= 0.6 is 23.2 Å². The number of halogens is 2. The molecule has 5 heteroatoms. The van der Waals surface area contributed by atoms with Crippen LogP contribution in [0.3, 0.4) is 0 Å². The zero-order valence-electron chi connectivity index (χ0n) is 7.46. The number of nitrogens with one attached hydrogen (secondary N) is 1. The first kappa shape index (κ1) is 11.3. The molecule has 0 atom stereocenters. The fraction of sp³-hybridized carbons (Fsp3) is 0.333. The Morgan fingerprint density at radius 3 is 2.86 bits per heavy atom. The SMILES string of the molecule is O=C(CCCCl)Nc1ccc(Cl)nc1. The highest BCUT2D eigenvalue weighted by Crippen LogP contribution is 2.10. The Hall–Kier alpha value is -0.800. The van der Waals surface area contributed by atoms with Gasteiger partial charge in [-0.15, -0.1) is 11.6 Å². The van der Waals surface area contributed by atoms with E-state index in [0.29, 0.717) is 29.6 Å². The number of nitrogens with zero attached hydrogens (tertiary/aromatic N) is 1. The number of pyridine rings is 1. The summed E-state index contributed by atoms with van der Waals surface area (Å²) in [6.45, 7) is 0. The Kier molecular flexibility index (Phi) is 4.70. The van der Waals surface area contributed by atoms with Gasteiger partial charge in [-0.05, 0) is 18.6 Å². The number of aromatic nitrogens is 1. The van der Waals surface area contributed by atoms with E-state index in [1.54, 1.807) is 12.1 Å². The van der Waals surface area contributed by atoms with E-state index in [4.69, 9.17) is 23.2 Å². The molecule has 0 fully saturated rings. The van der Waals surface area contributed by atoms with Crippen molar-refractivity contribution in [2.45, 2.75) is 12.8 Å². The van der Waals surface area contributed by atoms with Gasteiger partial charge < -0.3 is 5.32 Å². The highest BCUT2D eigenvalue weighted by Gasteiger charge is 2.01. The largest absolute Gasteiger partial charge is 0.325 e. The van der Waals surface area contributed by atoms with Crippen LogP contribution in [0.4, 0.5) is 5.69 Å². The number of carbonyl (C=O) groups excluding carboxylic acids is 1. The van der Waals surface area contributed by atoms with E-state index < -0.39 is 0 Å². The fourth-order valence-electron chi connectivity index (χ4n) is 0.901. The quantitative estimate of drug-likeness (QED) is 0.641. The Bertz CT molecular complexity index is 300. The van der Waals surface area contributed by atoms with Gasteiger partial charge in [-0.1, -0.05) is 11.6 Å². The second-order valence-corrected chi connectivity index (χ2v) is 3.48. The molecule has 0 aliphatic heterocycles. The molecular formula is C9H10Cl2N2O. The zero-order valence-corrected chi connectivity index (χ0v) is 8.98. The predicted molar refractivity (Wildman–Crippen MR) is 57.8 cm³/mol. The molecule has 0 unspecified atom stereocenters. The number of hydrogen-bond acceptors (Lipinski definition) is 2. The molecule has 0 radical (unpaired) electrons. The molecule has 0 spiro atoms. The van der Waals surface area contributed by atoms with Gasteiger partial charge >= 0.3 is 0 Å². The predicted octanol–water partition coefficient (Wildman–Crippen LogP) is 2.69. The van der Waals surface area contributed by atoms with E-state index in [2.05, 4.69) is 10.3 Å². The van der Waals surface area contributed by atoms with Crippen LogP contribution in [-0.4, -0.2) is 16.8 Å². The lowest BCUT2D eigenvalue weighted by Crippen LogP contribution is -2.11. The highest BCUT2D eigenvalue weighted by atomic mass is 35.5. The molecular weight excluding hydrogens is 223 g/mol. The van der Waals surface area contributed by atoms with Gasteiger partial charge in [0, 0.05) is 12.3 Å². The third-order valence-corrected chi connectivity index (χ3v) is 2.04. The Balaban J connectivity index is 2.44. The van der Waals surface area contributed by atoms with Gasteiger partial charge in [0.2, 0.25) is 5.91 Å². The molecule has 76 valence electrons. The van der Waals surface area contributed by atoms with Crippen molar-refractivity contribution in [2.24, 2.45) is 0 Å². The number of hydrogen-bond donors (Lipinski definition) is 1. The van der Waals surface area contributed by atoms with Crippen molar-refractivity contribution in [3.63, 3.8) is 0 Å². The first-order valence-corrected chi connectivity index (χ1v) is 5.11. The van der Waals surface area contributed by atoms with Crippen molar-refractivity contribution in [1.29, 1.82) is 0 Å². The molecule has 14 heavy (non-hydrogen) atoms. The van der Waals surface area contributed by atoms with Gasteiger partial charge in [0.25, 0.3) is 0 Å². The van der Waals surface area contributed by atoms with Crippen LogP contribution in [0.2, 0.25) is 5.15 Å². The molecule has 0 saturated heterocycles. The van der Waals surface area contributed by atoms with E-state index in [1.807, 2.05) is 0 Å². The van der Waals surface area contributed by atoms with Gasteiger partial charge in [-0.3, -0.25) is 4.79 Å². The summed E-state index contributed by atoms with van der Waals surface area (Å²) in [5.41, 5.74) is 0.647. The summed E-state index contributed by atoms with van der Waals surface area (Å²) in [5, 5.41) is 3.09. The molecule has 0 aromatic carbocycles. The summed E-state index contributed by atoms with van der Waals surface area (Å²) in [6, 6.07) is 3.33. The van der Waals surface area contributed by atoms with Crippen LogP contribution in [0.25, 0.3) is 0 Å². The molecule has 0 aliphatic rings. The van der Waals surface area contributed by atoms with Gasteiger partial charge in [0.15, 0.2) is 0 Å². The molecule has 1 amide bonds. The van der Waals surface area contributed by atoms with Crippen molar-refractivity contribution >= 4 is 34.8 Å². The zero-order chi connectivity index (χ0) is 10.4. The number of rotatable bonds is 4. The standard InChI is InChI=1S/C9H10Cl2N2O/c10-5-1-2-9(14)13-7-3-4-8(11)12-6-7/h3-4,6H,1-2,5H2,(H,13,14). The molecule has 0 saturated carbocycles. The average Bonchev–Trinajstić information content (AvgIpc) is 2.18. The monoisotopic (exact) mass is 232 g/mol. The van der Waals surface area contributed by atoms with Crippen LogP contribution < -0.4 is 5.32 Å². The van der Waals surface area contributed by atoms with Gasteiger partial charge in [-0.2, -0.15) is 0 Å². The van der Waals surface area contributed by atoms with Crippen LogP contribution in [0.1, 0.15) is 12.8 Å². The lowest BCUT2D eigenvalue weighted by Gasteiger charge is -2.03. The minimum atomic E-state index is -0.0604. The maximum Gasteiger partial charge on any atom is 0.224 e. The number of alkyl halides is 1. The van der Waals surface area contributed by atoms with Crippen LogP contribution in [0.15, 0.2) is 18.3 Å². The van der Waals surface area contributed by atoms with Crippen LogP contribution in [0, 0.1) is 0 Å². The fourth-order valence-corrected chi connectivity index (χ4v) is 1.15. The van der Waals surface area contributed by atoms with Crippen molar-refractivity contribution in [3.8, 4) is 0 Å². The first-order chi connectivity index (χ1) is 6.72. The molecule has 1 rings (SSSR count). The summed E-state index contributed by atoms with van der Waals surface area (Å²) < 4.78 is 0. The first-order valence-electron chi connectivity index (χ1n) is 4.20. The Morgan fingerprint density at radius 1 is 1.50 bits per heavy atom. The maximum atomic E-state index is 11.2. The molecule has 3 nitrogen and oxygen atoms in total. The molecule has 0 bridgehead atoms. The lowest BCUT2D eigenvalue weighted by atomic mass is 10.3. The van der Waals surface area contributed by atoms with E-state index in [9.17, 15) is 4.79 Å². The summed E-state index contributed by atoms with van der Waals surface area (Å²) in [4.78, 5) is 15.1. The lowest BCUT2D eigenvalue weighted by molar-refractivity contribution is -0.116. The minimum absolute atomic E-state index is 0.0604. The number of amides is 1. The minimum Gasteiger partial charge on any atom is -0.325 e. The molecule has 1 heterocycles. The number of carbonyl (C=O) groups is 1. The van der Waals surface area contributed by atoms with E-state index >= 15 is 0 Å². The van der Waals surface area contributed by atoms with Gasteiger partial charge in [0.05, 0.1) is 11.9 Å². The average molecular weight is 233 g/mol. The molecule has 1 aromatic heterocycles. The summed E-state index contributed by atoms with van der Waals surface area (Å²) in [7, 11) is 0. The second kappa shape index (κ2) is 5.83. The number of anilines is 1. The van der Waals surface area contributed by atoms with Crippen molar-refractivity contribution in [3.05, 3.63) is 23.5 Å². The second-order valence-electron chi connectivity index (χ2n) is 2.71. The molecule has 1 N–H and O–H groups in total. The molecule has 0 aliphatic carbocycles. The highest BCUT2D eigenvalue weighted by molar-refractivity contribution is 6.29. The van der Waals surface area contributed by atoms with E-state index in [1.165, 1.54) is 6.20 Å². The normalized spacial score (nSPS) is 9.86. The van der Waals surface area contributed by atoms with Gasteiger partial charge in [0.1, 0.15) is 5.15 Å². The van der Waals surface area contributed by atoms with Crippen molar-refractivity contribution in [1.82, 2.24) is 4.98 Å². The summed E-state index contributed by atoms with van der Waals surface area (Å²) >= 11 is 11.1. The Labute approximate surface area is 92.4 Å². The van der Waals surface area contributed by atoms with Crippen molar-refractivity contribution in [2.75, 3.05) is 11.2 Å². The van der Waals surface area contributed by atoms with Gasteiger partial charge in [-0.25, -0.2) is 4.98 Å². The topological polar surface area (TPSA) is 42.0 Å². The third kappa shape index (κ3) is 3.94. The third-order valence-electron chi connectivity index (χ3n) is 1.55. The van der Waals surface area contributed by atoms with E-state index in [0.717, 1.165) is 0 Å². The summed E-state index contributed by atoms with van der Waals surface area (Å²) in [5.74, 6) is 0.432.